The van der Waals surface area contributed by atoms with Gasteiger partial charge in [-0.2, -0.15) is 0 Å². The van der Waals surface area contributed by atoms with Crippen LogP contribution in [0.15, 0.2) is 23.0 Å². The number of halogens is 1. The lowest BCUT2D eigenvalue weighted by molar-refractivity contribution is -0.432. The first-order valence-corrected chi connectivity index (χ1v) is 6.68. The third kappa shape index (κ3) is 4.13. The molecule has 106 valence electrons. The molecule has 7 nitrogen and oxygen atoms in total. The van der Waals surface area contributed by atoms with E-state index in [4.69, 9.17) is 17.3 Å². The Morgan fingerprint density at radius 1 is 1.63 bits per heavy atom. The predicted molar refractivity (Wildman–Crippen MR) is 75.2 cm³/mol. The van der Waals surface area contributed by atoms with Crippen molar-refractivity contribution in [1.29, 1.82) is 0 Å². The number of rotatable bonds is 1. The molecule has 2 rings (SSSR count). The smallest absolute Gasteiger partial charge is 0.278 e. The van der Waals surface area contributed by atoms with Crippen LogP contribution in [0.2, 0.25) is 4.47 Å². The van der Waals surface area contributed by atoms with E-state index in [1.54, 1.807) is 37.0 Å². The molecule has 1 atom stereocenters. The molecule has 0 saturated heterocycles. The van der Waals surface area contributed by atoms with Gasteiger partial charge in [-0.1, -0.05) is 11.6 Å². The Labute approximate surface area is 120 Å². The lowest BCUT2D eigenvalue weighted by atomic mass is 10.2. The molecule has 9 heteroatoms. The van der Waals surface area contributed by atoms with Crippen molar-refractivity contribution >= 4 is 22.9 Å². The lowest BCUT2D eigenvalue weighted by Gasteiger charge is -2.37. The van der Waals surface area contributed by atoms with Gasteiger partial charge in [-0.25, -0.2) is 4.98 Å². The number of aromatic nitrogens is 1. The van der Waals surface area contributed by atoms with E-state index in [0.29, 0.717) is 16.7 Å². The van der Waals surface area contributed by atoms with Crippen molar-refractivity contribution in [3.05, 3.63) is 37.6 Å². The molecule has 0 aromatic carbocycles. The van der Waals surface area contributed by atoms with Crippen LogP contribution >= 0.6 is 22.9 Å². The molecule has 1 aromatic rings. The Balaban J connectivity index is 0.000000250. The molecule has 1 aliphatic rings. The van der Waals surface area contributed by atoms with Gasteiger partial charge in [0.1, 0.15) is 6.29 Å². The van der Waals surface area contributed by atoms with Gasteiger partial charge in [0, 0.05) is 18.6 Å². The molecule has 0 amide bonds. The number of nitrogens with two attached hydrogens (primary N) is 1. The summed E-state index contributed by atoms with van der Waals surface area (Å²) in [5.74, 6) is 0. The number of nitrogens with zero attached hydrogens (tertiary/aromatic N) is 4. The van der Waals surface area contributed by atoms with Crippen LogP contribution in [0.4, 0.5) is 0 Å². The van der Waals surface area contributed by atoms with E-state index >= 15 is 0 Å². The molecule has 2 N–H and O–H groups in total. The van der Waals surface area contributed by atoms with Gasteiger partial charge in [-0.15, -0.1) is 11.3 Å². The summed E-state index contributed by atoms with van der Waals surface area (Å²) in [5.41, 5.74) is 6.62. The highest BCUT2D eigenvalue weighted by atomic mass is 35.5. The first kappa shape index (κ1) is 15.8. The van der Waals surface area contributed by atoms with E-state index in [-0.39, 0.29) is 16.9 Å². The van der Waals surface area contributed by atoms with Crippen molar-refractivity contribution < 1.29 is 4.92 Å². The highest BCUT2D eigenvalue weighted by Gasteiger charge is 2.31. The summed E-state index contributed by atoms with van der Waals surface area (Å²) in [6, 6.07) is 0. The van der Waals surface area contributed by atoms with Crippen LogP contribution in [0, 0.1) is 10.1 Å². The number of allylic oxidation sites excluding steroid dienone is 1. The summed E-state index contributed by atoms with van der Waals surface area (Å²) in [4.78, 5) is 17.4. The average molecular weight is 306 g/mol. The molecule has 0 saturated carbocycles. The van der Waals surface area contributed by atoms with Crippen molar-refractivity contribution in [2.24, 2.45) is 5.73 Å². The van der Waals surface area contributed by atoms with Crippen LogP contribution in [-0.4, -0.2) is 46.6 Å². The van der Waals surface area contributed by atoms with E-state index in [9.17, 15) is 10.1 Å². The van der Waals surface area contributed by atoms with Gasteiger partial charge in [0.2, 0.25) is 0 Å². The fourth-order valence-electron chi connectivity index (χ4n) is 1.54. The SMILES string of the molecule is CC1=C([N+](=O)[O-])CN(C)C(N)N1C.Clc1nccs1. The van der Waals surface area contributed by atoms with Gasteiger partial charge in [0.15, 0.2) is 4.47 Å². The van der Waals surface area contributed by atoms with E-state index in [1.165, 1.54) is 11.3 Å². The fraction of sp³-hybridized carbons (Fsp3) is 0.500. The van der Waals surface area contributed by atoms with Crippen molar-refractivity contribution in [3.63, 3.8) is 0 Å². The maximum Gasteiger partial charge on any atom is 0.278 e. The standard InChI is InChI=1S/C7H14N4O2.C3H2ClNS/c1-5-6(11(12)13)4-9(2)7(8)10(5)3;4-3-5-1-2-6-3/h7H,4,8H2,1-3H3;1-2H. The average Bonchev–Trinajstić information content (AvgIpc) is 2.82. The summed E-state index contributed by atoms with van der Waals surface area (Å²) in [6.07, 6.45) is 1.40. The Morgan fingerprint density at radius 3 is 2.63 bits per heavy atom. The molecule has 0 spiro atoms. The molecule has 0 bridgehead atoms. The van der Waals surface area contributed by atoms with Crippen molar-refractivity contribution in [2.75, 3.05) is 20.6 Å². The van der Waals surface area contributed by atoms with Crippen LogP contribution in [0.5, 0.6) is 0 Å². The van der Waals surface area contributed by atoms with E-state index in [1.807, 2.05) is 5.38 Å². The Hall–Kier alpha value is -1.22. The van der Waals surface area contributed by atoms with Crippen molar-refractivity contribution in [3.8, 4) is 0 Å². The van der Waals surface area contributed by atoms with E-state index in [2.05, 4.69) is 4.98 Å². The zero-order chi connectivity index (χ0) is 14.6. The summed E-state index contributed by atoms with van der Waals surface area (Å²) in [5, 5.41) is 12.5. The molecule has 1 aliphatic heterocycles. The largest absolute Gasteiger partial charge is 0.345 e. The molecular weight excluding hydrogens is 290 g/mol. The molecule has 1 unspecified atom stereocenters. The second-order valence-corrected chi connectivity index (χ2v) is 5.49. The van der Waals surface area contributed by atoms with Crippen LogP contribution < -0.4 is 5.73 Å². The minimum atomic E-state index is -0.353. The van der Waals surface area contributed by atoms with Crippen LogP contribution in [0.1, 0.15) is 6.92 Å². The fourth-order valence-corrected chi connectivity index (χ4v) is 2.10. The lowest BCUT2D eigenvalue weighted by Crippen LogP contribution is -2.54. The Kier molecular flexibility index (Phi) is 5.67. The zero-order valence-corrected chi connectivity index (χ0v) is 12.5. The summed E-state index contributed by atoms with van der Waals surface area (Å²) in [6.45, 7) is 2.01. The van der Waals surface area contributed by atoms with Crippen molar-refractivity contribution in [1.82, 2.24) is 14.8 Å². The molecule has 1 aromatic heterocycles. The summed E-state index contributed by atoms with van der Waals surface area (Å²) in [7, 11) is 3.51. The van der Waals surface area contributed by atoms with Crippen LogP contribution in [0.3, 0.4) is 0 Å². The first-order chi connectivity index (χ1) is 8.84. The maximum atomic E-state index is 10.6. The summed E-state index contributed by atoms with van der Waals surface area (Å²) < 4.78 is 0.606. The number of hydrogen-bond acceptors (Lipinski definition) is 7. The van der Waals surface area contributed by atoms with Gasteiger partial charge >= 0.3 is 0 Å². The molecule has 0 aliphatic carbocycles. The molecule has 19 heavy (non-hydrogen) atoms. The Morgan fingerprint density at radius 2 is 2.26 bits per heavy atom. The van der Waals surface area contributed by atoms with Gasteiger partial charge in [-0.05, 0) is 14.0 Å². The monoisotopic (exact) mass is 305 g/mol. The number of nitro groups is 1. The Bertz CT molecular complexity index is 464. The molecule has 2 heterocycles. The van der Waals surface area contributed by atoms with E-state index < -0.39 is 0 Å². The number of hydrogen-bond donors (Lipinski definition) is 1. The second kappa shape index (κ2) is 6.80. The van der Waals surface area contributed by atoms with E-state index in [0.717, 1.165) is 0 Å². The van der Waals surface area contributed by atoms with Gasteiger partial charge in [0.05, 0.1) is 17.2 Å². The van der Waals surface area contributed by atoms with Crippen molar-refractivity contribution in [2.45, 2.75) is 13.2 Å². The van der Waals surface area contributed by atoms with Crippen LogP contribution in [-0.2, 0) is 0 Å². The highest BCUT2D eigenvalue weighted by molar-refractivity contribution is 7.13. The summed E-state index contributed by atoms with van der Waals surface area (Å²) >= 11 is 6.79. The minimum Gasteiger partial charge on any atom is -0.345 e. The number of thiazole rings is 1. The first-order valence-electron chi connectivity index (χ1n) is 5.42. The third-order valence-corrected chi connectivity index (χ3v) is 3.74. The minimum absolute atomic E-state index is 0.215. The third-order valence-electron chi connectivity index (χ3n) is 2.82. The highest BCUT2D eigenvalue weighted by Crippen LogP contribution is 2.18. The van der Waals surface area contributed by atoms with Gasteiger partial charge in [0.25, 0.3) is 5.70 Å². The zero-order valence-electron chi connectivity index (χ0n) is 10.9. The van der Waals surface area contributed by atoms with Gasteiger partial charge < -0.3 is 4.90 Å². The molecule has 0 radical (unpaired) electrons. The topological polar surface area (TPSA) is 88.5 Å². The molecule has 0 fully saturated rings. The second-order valence-electron chi connectivity index (χ2n) is 4.01. The van der Waals surface area contributed by atoms with Gasteiger partial charge in [-0.3, -0.25) is 20.7 Å². The predicted octanol–water partition coefficient (Wildman–Crippen LogP) is 1.41. The number of likely N-dealkylation sites (N-methyl/N-ethyl adjacent to an activating group) is 1. The quantitative estimate of drug-likeness (QED) is 0.623. The van der Waals surface area contributed by atoms with Crippen LogP contribution in [0.25, 0.3) is 0 Å². The normalized spacial score (nSPS) is 20.1. The molecular formula is C10H16ClN5O2S. The maximum absolute atomic E-state index is 10.6.